The third-order valence-electron chi connectivity index (χ3n) is 5.66. The van der Waals surface area contributed by atoms with Crippen LogP contribution >= 0.6 is 0 Å². The molecule has 1 aromatic carbocycles. The number of benzene rings is 1. The summed E-state index contributed by atoms with van der Waals surface area (Å²) in [6.07, 6.45) is -2.81. The van der Waals surface area contributed by atoms with Crippen molar-refractivity contribution in [3.8, 4) is 5.69 Å². The molecule has 1 fully saturated rings. The lowest BCUT2D eigenvalue weighted by atomic mass is 9.98. The highest BCUT2D eigenvalue weighted by Crippen LogP contribution is 2.34. The molecule has 1 atom stereocenters. The molecule has 0 saturated carbocycles. The highest BCUT2D eigenvalue weighted by atomic mass is 19.4. The number of piperidine rings is 1. The highest BCUT2D eigenvalue weighted by Gasteiger charge is 2.41. The SMILES string of the molecule is CCOC(=O)C1CCCN(C(=O)CN(C)C(=O)c2cnn(-c3ccc(C)cc3)c2C(F)(F)F)C1. The van der Waals surface area contributed by atoms with Crippen molar-refractivity contribution in [2.24, 2.45) is 5.92 Å². The number of amides is 2. The molecule has 0 radical (unpaired) electrons. The fourth-order valence-corrected chi connectivity index (χ4v) is 3.90. The molecular formula is C23H27F3N4O4. The molecule has 1 aromatic heterocycles. The Labute approximate surface area is 195 Å². The van der Waals surface area contributed by atoms with E-state index in [-0.39, 0.29) is 24.8 Å². The van der Waals surface area contributed by atoms with Crippen LogP contribution in [-0.2, 0) is 20.5 Å². The van der Waals surface area contributed by atoms with Crippen molar-refractivity contribution in [3.05, 3.63) is 47.3 Å². The van der Waals surface area contributed by atoms with Crippen LogP contribution in [0.25, 0.3) is 5.69 Å². The predicted molar refractivity (Wildman–Crippen MR) is 116 cm³/mol. The smallest absolute Gasteiger partial charge is 0.434 e. The average Bonchev–Trinajstić information content (AvgIpc) is 3.25. The molecule has 1 saturated heterocycles. The van der Waals surface area contributed by atoms with Crippen molar-refractivity contribution in [2.75, 3.05) is 33.3 Å². The van der Waals surface area contributed by atoms with E-state index < -0.39 is 41.7 Å². The monoisotopic (exact) mass is 480 g/mol. The third kappa shape index (κ3) is 5.57. The number of ether oxygens (including phenoxy) is 1. The van der Waals surface area contributed by atoms with Gasteiger partial charge in [0.1, 0.15) is 0 Å². The summed E-state index contributed by atoms with van der Waals surface area (Å²) in [7, 11) is 1.26. The molecule has 2 heterocycles. The molecule has 11 heteroatoms. The lowest BCUT2D eigenvalue weighted by molar-refractivity contribution is -0.151. The van der Waals surface area contributed by atoms with Crippen LogP contribution in [0.2, 0.25) is 0 Å². The van der Waals surface area contributed by atoms with Crippen LogP contribution in [0.15, 0.2) is 30.5 Å². The summed E-state index contributed by atoms with van der Waals surface area (Å²) in [5, 5.41) is 3.80. The van der Waals surface area contributed by atoms with Crippen LogP contribution in [0.1, 0.15) is 41.4 Å². The van der Waals surface area contributed by atoms with Crippen molar-refractivity contribution in [1.29, 1.82) is 0 Å². The molecule has 0 spiro atoms. The predicted octanol–water partition coefficient (Wildman–Crippen LogP) is 3.07. The summed E-state index contributed by atoms with van der Waals surface area (Å²) in [4.78, 5) is 40.0. The Morgan fingerprint density at radius 1 is 1.21 bits per heavy atom. The zero-order valence-corrected chi connectivity index (χ0v) is 19.3. The number of esters is 1. The zero-order valence-electron chi connectivity index (χ0n) is 19.3. The summed E-state index contributed by atoms with van der Waals surface area (Å²) in [5.74, 6) is -2.27. The molecule has 2 amide bonds. The van der Waals surface area contributed by atoms with E-state index in [1.807, 2.05) is 0 Å². The maximum atomic E-state index is 13.9. The van der Waals surface area contributed by atoms with Gasteiger partial charge >= 0.3 is 12.1 Å². The number of hydrogen-bond acceptors (Lipinski definition) is 5. The summed E-state index contributed by atoms with van der Waals surface area (Å²) in [6, 6.07) is 6.25. The number of nitrogens with zero attached hydrogens (tertiary/aromatic N) is 4. The van der Waals surface area contributed by atoms with Crippen LogP contribution in [-0.4, -0.2) is 70.7 Å². The third-order valence-corrected chi connectivity index (χ3v) is 5.66. The largest absolute Gasteiger partial charge is 0.466 e. The number of aromatic nitrogens is 2. The first-order valence-electron chi connectivity index (χ1n) is 10.9. The quantitative estimate of drug-likeness (QED) is 0.594. The topological polar surface area (TPSA) is 84.7 Å². The molecule has 2 aromatic rings. The van der Waals surface area contributed by atoms with Crippen molar-refractivity contribution in [1.82, 2.24) is 19.6 Å². The van der Waals surface area contributed by atoms with Gasteiger partial charge in [-0.05, 0) is 38.8 Å². The van der Waals surface area contributed by atoms with E-state index in [0.29, 0.717) is 24.1 Å². The minimum Gasteiger partial charge on any atom is -0.466 e. The Morgan fingerprint density at radius 3 is 2.50 bits per heavy atom. The number of carbonyl (C=O) groups is 3. The van der Waals surface area contributed by atoms with Crippen LogP contribution in [0.4, 0.5) is 13.2 Å². The highest BCUT2D eigenvalue weighted by molar-refractivity contribution is 5.97. The number of halogens is 3. The van der Waals surface area contributed by atoms with Crippen molar-refractivity contribution < 1.29 is 32.3 Å². The number of aryl methyl sites for hydroxylation is 1. The van der Waals surface area contributed by atoms with Gasteiger partial charge in [-0.25, -0.2) is 4.68 Å². The molecule has 184 valence electrons. The summed E-state index contributed by atoms with van der Waals surface area (Å²) < 4.78 is 47.4. The second-order valence-corrected chi connectivity index (χ2v) is 8.24. The molecule has 1 aliphatic rings. The first kappa shape index (κ1) is 25.3. The second-order valence-electron chi connectivity index (χ2n) is 8.24. The van der Waals surface area contributed by atoms with E-state index in [0.717, 1.165) is 16.7 Å². The van der Waals surface area contributed by atoms with Gasteiger partial charge in [0.25, 0.3) is 5.91 Å². The fourth-order valence-electron chi connectivity index (χ4n) is 3.90. The molecule has 1 unspecified atom stereocenters. The molecular weight excluding hydrogens is 453 g/mol. The van der Waals surface area contributed by atoms with Crippen LogP contribution < -0.4 is 0 Å². The van der Waals surface area contributed by atoms with Gasteiger partial charge in [-0.15, -0.1) is 0 Å². The van der Waals surface area contributed by atoms with Gasteiger partial charge in [0, 0.05) is 20.1 Å². The summed E-state index contributed by atoms with van der Waals surface area (Å²) >= 11 is 0. The Hall–Kier alpha value is -3.37. The van der Waals surface area contributed by atoms with E-state index in [1.165, 1.54) is 24.1 Å². The molecule has 0 N–H and O–H groups in total. The molecule has 1 aliphatic heterocycles. The number of alkyl halides is 3. The van der Waals surface area contributed by atoms with E-state index in [1.54, 1.807) is 26.0 Å². The fraction of sp³-hybridized carbons (Fsp3) is 0.478. The van der Waals surface area contributed by atoms with E-state index in [4.69, 9.17) is 4.74 Å². The minimum absolute atomic E-state index is 0.152. The minimum atomic E-state index is -4.85. The number of hydrogen-bond donors (Lipinski definition) is 0. The Morgan fingerprint density at radius 2 is 1.88 bits per heavy atom. The van der Waals surface area contributed by atoms with E-state index >= 15 is 0 Å². The van der Waals surface area contributed by atoms with E-state index in [2.05, 4.69) is 5.10 Å². The molecule has 0 bridgehead atoms. The number of carbonyl (C=O) groups excluding carboxylic acids is 3. The van der Waals surface area contributed by atoms with Gasteiger partial charge in [-0.1, -0.05) is 17.7 Å². The number of likely N-dealkylation sites (tertiary alicyclic amines) is 1. The van der Waals surface area contributed by atoms with Gasteiger partial charge < -0.3 is 14.5 Å². The lowest BCUT2D eigenvalue weighted by Crippen LogP contribution is -2.47. The Balaban J connectivity index is 1.77. The van der Waals surface area contributed by atoms with Crippen molar-refractivity contribution in [2.45, 2.75) is 32.9 Å². The zero-order chi connectivity index (χ0) is 25.0. The van der Waals surface area contributed by atoms with Gasteiger partial charge in [0.15, 0.2) is 5.69 Å². The first-order valence-corrected chi connectivity index (χ1v) is 10.9. The lowest BCUT2D eigenvalue weighted by Gasteiger charge is -2.32. The standard InChI is InChI=1S/C23H27F3N4O4/c1-4-34-22(33)16-6-5-11-29(13-16)19(31)14-28(3)21(32)18-12-27-30(20(18)23(24,25)26)17-9-7-15(2)8-10-17/h7-10,12,16H,4-6,11,13-14H2,1-3H3. The normalized spacial score (nSPS) is 16.3. The van der Waals surface area contributed by atoms with Gasteiger partial charge in [-0.2, -0.15) is 18.3 Å². The van der Waals surface area contributed by atoms with E-state index in [9.17, 15) is 27.6 Å². The average molecular weight is 480 g/mol. The van der Waals surface area contributed by atoms with Crippen LogP contribution in [0, 0.1) is 12.8 Å². The molecule has 0 aliphatic carbocycles. The first-order chi connectivity index (χ1) is 16.0. The Bertz CT molecular complexity index is 1050. The van der Waals surface area contributed by atoms with Crippen molar-refractivity contribution >= 4 is 17.8 Å². The number of likely N-dealkylation sites (N-methyl/N-ethyl adjacent to an activating group) is 1. The maximum absolute atomic E-state index is 13.9. The Kier molecular flexibility index (Phi) is 7.63. The molecule has 3 rings (SSSR count). The number of rotatable bonds is 6. The molecule has 34 heavy (non-hydrogen) atoms. The van der Waals surface area contributed by atoms with Crippen LogP contribution in [0.5, 0.6) is 0 Å². The summed E-state index contributed by atoms with van der Waals surface area (Å²) in [5.41, 5.74) is -0.830. The van der Waals surface area contributed by atoms with Gasteiger partial charge in [0.05, 0.1) is 36.5 Å². The second kappa shape index (κ2) is 10.3. The van der Waals surface area contributed by atoms with Gasteiger partial charge in [-0.3, -0.25) is 14.4 Å². The maximum Gasteiger partial charge on any atom is 0.434 e. The van der Waals surface area contributed by atoms with Gasteiger partial charge in [0.2, 0.25) is 5.91 Å². The van der Waals surface area contributed by atoms with Crippen molar-refractivity contribution in [3.63, 3.8) is 0 Å². The summed E-state index contributed by atoms with van der Waals surface area (Å²) in [6.45, 7) is 3.85. The molecule has 8 nitrogen and oxygen atoms in total. The van der Waals surface area contributed by atoms with Crippen LogP contribution in [0.3, 0.4) is 0 Å².